The van der Waals surface area contributed by atoms with Crippen LogP contribution < -0.4 is 21.1 Å². The Morgan fingerprint density at radius 3 is 2.59 bits per heavy atom. The number of furan rings is 1. The quantitative estimate of drug-likeness (QED) is 0.385. The highest BCUT2D eigenvalue weighted by Crippen LogP contribution is 2.14. The van der Waals surface area contributed by atoms with Crippen LogP contribution in [-0.2, 0) is 17.8 Å². The molecular weight excluding hydrogens is 412 g/mol. The van der Waals surface area contributed by atoms with E-state index in [1.165, 1.54) is 6.07 Å². The van der Waals surface area contributed by atoms with Crippen molar-refractivity contribution in [2.45, 2.75) is 19.4 Å². The van der Waals surface area contributed by atoms with Crippen molar-refractivity contribution in [3.05, 3.63) is 94.4 Å². The predicted molar refractivity (Wildman–Crippen MR) is 116 cm³/mol. The van der Waals surface area contributed by atoms with Gasteiger partial charge in [0, 0.05) is 12.8 Å². The molecule has 0 unspecified atom stereocenters. The summed E-state index contributed by atoms with van der Waals surface area (Å²) < 4.78 is 11.0. The normalized spacial score (nSPS) is 10.6. The molecule has 0 fully saturated rings. The molecule has 0 saturated heterocycles. The number of carbonyl (C=O) groups is 2. The van der Waals surface area contributed by atoms with Crippen molar-refractivity contribution in [2.24, 2.45) is 0 Å². The molecule has 0 aliphatic carbocycles. The van der Waals surface area contributed by atoms with Crippen LogP contribution in [-0.4, -0.2) is 21.8 Å². The molecule has 0 aliphatic rings. The number of benzene rings is 2. The van der Waals surface area contributed by atoms with Gasteiger partial charge in [0.05, 0.1) is 10.9 Å². The summed E-state index contributed by atoms with van der Waals surface area (Å²) in [4.78, 5) is 43.3. The van der Waals surface area contributed by atoms with Crippen LogP contribution in [0.4, 0.5) is 0 Å². The minimum atomic E-state index is -0.596. The van der Waals surface area contributed by atoms with Crippen molar-refractivity contribution in [3.8, 4) is 5.75 Å². The van der Waals surface area contributed by atoms with Crippen LogP contribution in [0.3, 0.4) is 0 Å². The first-order valence-corrected chi connectivity index (χ1v) is 9.92. The number of aromatic nitrogens is 2. The van der Waals surface area contributed by atoms with Gasteiger partial charge in [-0.05, 0) is 36.4 Å². The summed E-state index contributed by atoms with van der Waals surface area (Å²) in [6, 6.07) is 19.3. The highest BCUT2D eigenvalue weighted by atomic mass is 16.5. The molecule has 4 rings (SSSR count). The van der Waals surface area contributed by atoms with E-state index in [-0.39, 0.29) is 30.8 Å². The number of hydrogen-bond donors (Lipinski definition) is 3. The van der Waals surface area contributed by atoms with Gasteiger partial charge < -0.3 is 14.1 Å². The maximum Gasteiger partial charge on any atom is 0.305 e. The maximum absolute atomic E-state index is 12.2. The van der Waals surface area contributed by atoms with E-state index in [1.54, 1.807) is 30.3 Å². The number of fused-ring (bicyclic) bond motifs is 1. The van der Waals surface area contributed by atoms with Crippen LogP contribution in [0, 0.1) is 0 Å². The Morgan fingerprint density at radius 1 is 0.969 bits per heavy atom. The number of rotatable bonds is 7. The van der Waals surface area contributed by atoms with E-state index < -0.39 is 11.8 Å². The molecule has 2 aromatic heterocycles. The largest absolute Gasteiger partial charge is 0.486 e. The number of hydrazine groups is 1. The number of nitrogens with one attached hydrogen (secondary N) is 3. The number of aromatic amines is 1. The van der Waals surface area contributed by atoms with Crippen molar-refractivity contribution in [1.82, 2.24) is 20.8 Å². The highest BCUT2D eigenvalue weighted by Gasteiger charge is 2.13. The first-order valence-electron chi connectivity index (χ1n) is 9.92. The van der Waals surface area contributed by atoms with Crippen molar-refractivity contribution in [2.75, 3.05) is 0 Å². The second kappa shape index (κ2) is 9.61. The molecular formula is C23H20N4O5. The fourth-order valence-electron chi connectivity index (χ4n) is 2.98. The monoisotopic (exact) mass is 432 g/mol. The molecule has 9 heteroatoms. The lowest BCUT2D eigenvalue weighted by Gasteiger charge is -2.06. The summed E-state index contributed by atoms with van der Waals surface area (Å²) in [5, 5.41) is 0.486. The van der Waals surface area contributed by atoms with Gasteiger partial charge in [-0.25, -0.2) is 4.98 Å². The third kappa shape index (κ3) is 5.20. The molecule has 32 heavy (non-hydrogen) atoms. The number of nitrogens with zero attached hydrogens (tertiary/aromatic N) is 1. The number of hydrogen-bond acceptors (Lipinski definition) is 6. The topological polar surface area (TPSA) is 126 Å². The summed E-state index contributed by atoms with van der Waals surface area (Å²) in [6.07, 6.45) is 0.235. The molecule has 0 saturated carbocycles. The van der Waals surface area contributed by atoms with Gasteiger partial charge in [-0.3, -0.25) is 25.2 Å². The third-order valence-corrected chi connectivity index (χ3v) is 4.58. The lowest BCUT2D eigenvalue weighted by atomic mass is 10.2. The van der Waals surface area contributed by atoms with Gasteiger partial charge in [0.2, 0.25) is 5.91 Å². The molecule has 4 aromatic rings. The van der Waals surface area contributed by atoms with Crippen LogP contribution >= 0.6 is 0 Å². The molecule has 0 radical (unpaired) electrons. The van der Waals surface area contributed by atoms with E-state index in [1.807, 2.05) is 30.3 Å². The SMILES string of the molecule is O=C(CCc1nc2ccccc2c(=O)[nH]1)NNC(=O)c1ccc(COc2ccccc2)o1. The van der Waals surface area contributed by atoms with E-state index in [9.17, 15) is 14.4 Å². The molecule has 2 amide bonds. The highest BCUT2D eigenvalue weighted by molar-refractivity contribution is 5.93. The predicted octanol–water partition coefficient (Wildman–Crippen LogP) is 2.49. The van der Waals surface area contributed by atoms with Gasteiger partial charge in [-0.2, -0.15) is 0 Å². The molecule has 2 heterocycles. The third-order valence-electron chi connectivity index (χ3n) is 4.58. The van der Waals surface area contributed by atoms with Gasteiger partial charge in [0.15, 0.2) is 5.76 Å². The second-order valence-corrected chi connectivity index (χ2v) is 6.90. The summed E-state index contributed by atoms with van der Waals surface area (Å²) in [7, 11) is 0. The van der Waals surface area contributed by atoms with Crippen LogP contribution in [0.1, 0.15) is 28.6 Å². The van der Waals surface area contributed by atoms with Crippen LogP contribution in [0.15, 0.2) is 75.9 Å². The Morgan fingerprint density at radius 2 is 1.75 bits per heavy atom. The van der Waals surface area contributed by atoms with E-state index in [0.717, 1.165) is 0 Å². The molecule has 0 bridgehead atoms. The number of carbonyl (C=O) groups excluding carboxylic acids is 2. The van der Waals surface area contributed by atoms with Crippen LogP contribution in [0.2, 0.25) is 0 Å². The second-order valence-electron chi connectivity index (χ2n) is 6.90. The first kappa shape index (κ1) is 20.9. The van der Waals surface area contributed by atoms with Gasteiger partial charge in [-0.15, -0.1) is 0 Å². The Hall–Kier alpha value is -4.40. The molecule has 9 nitrogen and oxygen atoms in total. The average molecular weight is 432 g/mol. The molecule has 0 aliphatic heterocycles. The lowest BCUT2D eigenvalue weighted by Crippen LogP contribution is -2.41. The number of H-pyrrole nitrogens is 1. The van der Waals surface area contributed by atoms with Crippen LogP contribution in [0.5, 0.6) is 5.75 Å². The van der Waals surface area contributed by atoms with E-state index in [4.69, 9.17) is 9.15 Å². The summed E-state index contributed by atoms with van der Waals surface area (Å²) in [5.41, 5.74) is 4.92. The molecule has 0 atom stereocenters. The Balaban J connectivity index is 1.25. The molecule has 0 spiro atoms. The minimum Gasteiger partial charge on any atom is -0.486 e. The van der Waals surface area contributed by atoms with E-state index in [0.29, 0.717) is 28.2 Å². The zero-order valence-corrected chi connectivity index (χ0v) is 17.0. The van der Waals surface area contributed by atoms with E-state index in [2.05, 4.69) is 20.8 Å². The number of ether oxygens (including phenoxy) is 1. The Bertz CT molecular complexity index is 1300. The molecule has 162 valence electrons. The van der Waals surface area contributed by atoms with Crippen molar-refractivity contribution in [1.29, 1.82) is 0 Å². The van der Waals surface area contributed by atoms with E-state index >= 15 is 0 Å². The van der Waals surface area contributed by atoms with Gasteiger partial charge in [0.1, 0.15) is 23.9 Å². The summed E-state index contributed by atoms with van der Waals surface area (Å²) in [6.45, 7) is 0.167. The Labute approximate surface area is 182 Å². The number of amides is 2. The summed E-state index contributed by atoms with van der Waals surface area (Å²) in [5.74, 6) is 0.553. The van der Waals surface area contributed by atoms with Crippen molar-refractivity contribution in [3.63, 3.8) is 0 Å². The number of para-hydroxylation sites is 2. The zero-order valence-electron chi connectivity index (χ0n) is 17.0. The van der Waals surface area contributed by atoms with Crippen molar-refractivity contribution >= 4 is 22.7 Å². The van der Waals surface area contributed by atoms with Gasteiger partial charge in [0.25, 0.3) is 5.56 Å². The first-order chi connectivity index (χ1) is 15.6. The number of aryl methyl sites for hydroxylation is 1. The van der Waals surface area contributed by atoms with Gasteiger partial charge >= 0.3 is 5.91 Å². The fourth-order valence-corrected chi connectivity index (χ4v) is 2.98. The van der Waals surface area contributed by atoms with Gasteiger partial charge in [-0.1, -0.05) is 30.3 Å². The Kier molecular flexibility index (Phi) is 6.26. The lowest BCUT2D eigenvalue weighted by molar-refractivity contribution is -0.121. The van der Waals surface area contributed by atoms with Crippen LogP contribution in [0.25, 0.3) is 10.9 Å². The average Bonchev–Trinajstić information content (AvgIpc) is 3.30. The maximum atomic E-state index is 12.2. The smallest absolute Gasteiger partial charge is 0.305 e. The molecule has 3 N–H and O–H groups in total. The zero-order chi connectivity index (χ0) is 22.3. The summed E-state index contributed by atoms with van der Waals surface area (Å²) >= 11 is 0. The fraction of sp³-hybridized carbons (Fsp3) is 0.130. The minimum absolute atomic E-state index is 0.0237. The molecule has 2 aromatic carbocycles. The standard InChI is InChI=1S/C23H20N4O5/c28-21(13-12-20-24-18-9-5-4-8-17(18)22(29)25-20)26-27-23(30)19-11-10-16(32-19)14-31-15-6-2-1-3-7-15/h1-11H,12-14H2,(H,26,28)(H,27,30)(H,24,25,29). The van der Waals surface area contributed by atoms with Crippen molar-refractivity contribution < 1.29 is 18.7 Å².